The first-order valence-corrected chi connectivity index (χ1v) is 12.9. The number of ketones is 1. The summed E-state index contributed by atoms with van der Waals surface area (Å²) in [6.45, 7) is 12.7. The van der Waals surface area contributed by atoms with Gasteiger partial charge in [-0.2, -0.15) is 0 Å². The van der Waals surface area contributed by atoms with Crippen molar-refractivity contribution in [1.82, 2.24) is 0 Å². The van der Waals surface area contributed by atoms with Gasteiger partial charge in [-0.15, -0.1) is 0 Å². The molecule has 33 heavy (non-hydrogen) atoms. The number of hydrogen-bond donors (Lipinski definition) is 0. The summed E-state index contributed by atoms with van der Waals surface area (Å²) in [5.74, 6) is 1.50. The Morgan fingerprint density at radius 1 is 0.909 bits per heavy atom. The number of carbonyl (C=O) groups is 1. The molecule has 0 fully saturated rings. The topological polar surface area (TPSA) is 80.3 Å². The van der Waals surface area contributed by atoms with Crippen molar-refractivity contribution in [2.75, 3.05) is 33.0 Å². The van der Waals surface area contributed by atoms with E-state index in [1.54, 1.807) is 50.2 Å². The lowest BCUT2D eigenvalue weighted by molar-refractivity contribution is 0.00272. The van der Waals surface area contributed by atoms with Crippen molar-refractivity contribution in [3.63, 3.8) is 0 Å². The SMILES string of the molecule is CCOP(=O)(COc1cc(C)c(C(=O)c2ccc(OCOCC(C)C)cc2)c(C)c1)OCC. The molecule has 0 unspecified atom stereocenters. The predicted octanol–water partition coefficient (Wildman–Crippen LogP) is 6.15. The van der Waals surface area contributed by atoms with Crippen LogP contribution in [-0.4, -0.2) is 38.7 Å². The standard InChI is InChI=1S/C25H35O7P/c1-7-31-33(27,32-8-2)17-30-23-13-19(5)24(20(6)14-23)25(26)21-9-11-22(12-10-21)29-16-28-15-18(3)4/h9-14,18H,7-8,15-17H2,1-6H3. The largest absolute Gasteiger partial charge is 0.481 e. The Hall–Kier alpha value is -2.18. The number of rotatable bonds is 14. The number of ether oxygens (including phenoxy) is 3. The summed E-state index contributed by atoms with van der Waals surface area (Å²) in [4.78, 5) is 13.1. The fourth-order valence-corrected chi connectivity index (χ4v) is 4.58. The van der Waals surface area contributed by atoms with Gasteiger partial charge in [-0.1, -0.05) is 13.8 Å². The van der Waals surface area contributed by atoms with Gasteiger partial charge in [0.1, 0.15) is 11.5 Å². The molecule has 0 amide bonds. The summed E-state index contributed by atoms with van der Waals surface area (Å²) in [7, 11) is -3.32. The third-order valence-electron chi connectivity index (χ3n) is 4.65. The maximum Gasteiger partial charge on any atom is 0.367 e. The summed E-state index contributed by atoms with van der Waals surface area (Å²) >= 11 is 0. The molecule has 0 atom stereocenters. The summed E-state index contributed by atoms with van der Waals surface area (Å²) in [6, 6.07) is 10.5. The first-order chi connectivity index (χ1) is 15.7. The van der Waals surface area contributed by atoms with E-state index in [-0.39, 0.29) is 32.1 Å². The molecule has 0 aliphatic rings. The third-order valence-corrected chi connectivity index (χ3v) is 6.40. The molecule has 0 radical (unpaired) electrons. The lowest BCUT2D eigenvalue weighted by Gasteiger charge is -2.18. The van der Waals surface area contributed by atoms with Crippen molar-refractivity contribution >= 4 is 13.4 Å². The van der Waals surface area contributed by atoms with E-state index in [0.717, 1.165) is 11.1 Å². The molecule has 0 aliphatic carbocycles. The monoisotopic (exact) mass is 478 g/mol. The Bertz CT molecular complexity index is 921. The Morgan fingerprint density at radius 2 is 1.48 bits per heavy atom. The number of hydrogen-bond acceptors (Lipinski definition) is 7. The first-order valence-electron chi connectivity index (χ1n) is 11.2. The molecule has 2 aromatic carbocycles. The van der Waals surface area contributed by atoms with E-state index in [2.05, 4.69) is 13.8 Å². The molecule has 0 saturated carbocycles. The van der Waals surface area contributed by atoms with Gasteiger partial charge in [0.05, 0.1) is 19.8 Å². The molecular weight excluding hydrogens is 443 g/mol. The van der Waals surface area contributed by atoms with E-state index in [9.17, 15) is 9.36 Å². The normalized spacial score (nSPS) is 11.6. The summed E-state index contributed by atoms with van der Waals surface area (Å²) in [5, 5.41) is 0. The first kappa shape index (κ1) is 27.1. The molecule has 0 spiro atoms. The van der Waals surface area contributed by atoms with Crippen LogP contribution in [0.2, 0.25) is 0 Å². The summed E-state index contributed by atoms with van der Waals surface area (Å²) < 4.78 is 39.8. The number of benzene rings is 2. The second-order valence-corrected chi connectivity index (χ2v) is 10.0. The summed E-state index contributed by atoms with van der Waals surface area (Å²) in [5.41, 5.74) is 2.69. The Morgan fingerprint density at radius 3 is 2.00 bits per heavy atom. The van der Waals surface area contributed by atoms with E-state index in [1.165, 1.54) is 0 Å². The van der Waals surface area contributed by atoms with Gasteiger partial charge in [0.25, 0.3) is 0 Å². The average molecular weight is 479 g/mol. The Labute approximate surface area is 196 Å². The van der Waals surface area contributed by atoms with Crippen LogP contribution in [0.1, 0.15) is 54.7 Å². The predicted molar refractivity (Wildman–Crippen MR) is 128 cm³/mol. The van der Waals surface area contributed by atoms with Crippen molar-refractivity contribution in [3.05, 3.63) is 58.7 Å². The molecule has 7 nitrogen and oxygen atoms in total. The van der Waals surface area contributed by atoms with Crippen LogP contribution in [0.25, 0.3) is 0 Å². The van der Waals surface area contributed by atoms with Crippen LogP contribution >= 0.6 is 7.60 Å². The highest BCUT2D eigenvalue weighted by Crippen LogP contribution is 2.48. The molecule has 0 bridgehead atoms. The minimum absolute atomic E-state index is 0.0894. The zero-order chi connectivity index (χ0) is 24.4. The van der Waals surface area contributed by atoms with Crippen LogP contribution < -0.4 is 9.47 Å². The van der Waals surface area contributed by atoms with Crippen molar-refractivity contribution in [2.45, 2.75) is 41.5 Å². The van der Waals surface area contributed by atoms with E-state index >= 15 is 0 Å². The number of aryl methyl sites for hydroxylation is 2. The van der Waals surface area contributed by atoms with Crippen LogP contribution in [0.3, 0.4) is 0 Å². The van der Waals surface area contributed by atoms with Gasteiger partial charge in [0, 0.05) is 11.1 Å². The minimum atomic E-state index is -3.32. The van der Waals surface area contributed by atoms with Gasteiger partial charge in [-0.05, 0) is 81.1 Å². The lowest BCUT2D eigenvalue weighted by atomic mass is 9.94. The highest BCUT2D eigenvalue weighted by atomic mass is 31.2. The molecule has 2 aromatic rings. The Balaban J connectivity index is 2.08. The maximum atomic E-state index is 13.1. The fraction of sp³-hybridized carbons (Fsp3) is 0.480. The zero-order valence-electron chi connectivity index (χ0n) is 20.4. The molecule has 8 heteroatoms. The molecule has 0 N–H and O–H groups in total. The van der Waals surface area contributed by atoms with E-state index in [0.29, 0.717) is 35.2 Å². The second kappa shape index (κ2) is 12.9. The summed E-state index contributed by atoms with van der Waals surface area (Å²) in [6.07, 6.45) is -0.191. The quantitative estimate of drug-likeness (QED) is 0.139. The molecule has 2 rings (SSSR count). The van der Waals surface area contributed by atoms with Crippen LogP contribution in [0.15, 0.2) is 36.4 Å². The zero-order valence-corrected chi connectivity index (χ0v) is 21.3. The third kappa shape index (κ3) is 8.27. The van der Waals surface area contributed by atoms with Gasteiger partial charge >= 0.3 is 7.60 Å². The highest BCUT2D eigenvalue weighted by molar-refractivity contribution is 7.53. The fourth-order valence-electron chi connectivity index (χ4n) is 3.26. The molecular formula is C25H35O7P. The van der Waals surface area contributed by atoms with E-state index in [4.69, 9.17) is 23.3 Å². The smallest absolute Gasteiger partial charge is 0.367 e. The maximum absolute atomic E-state index is 13.1. The highest BCUT2D eigenvalue weighted by Gasteiger charge is 2.25. The van der Waals surface area contributed by atoms with Crippen molar-refractivity contribution in [3.8, 4) is 11.5 Å². The van der Waals surface area contributed by atoms with Crippen molar-refractivity contribution < 1.29 is 32.6 Å². The average Bonchev–Trinajstić information content (AvgIpc) is 2.75. The van der Waals surface area contributed by atoms with Crippen LogP contribution in [-0.2, 0) is 18.3 Å². The van der Waals surface area contributed by atoms with Gasteiger partial charge in [0.15, 0.2) is 18.9 Å². The van der Waals surface area contributed by atoms with Crippen LogP contribution in [0.5, 0.6) is 11.5 Å². The van der Waals surface area contributed by atoms with Crippen LogP contribution in [0.4, 0.5) is 0 Å². The van der Waals surface area contributed by atoms with Gasteiger partial charge in [-0.3, -0.25) is 9.36 Å². The molecule has 0 heterocycles. The van der Waals surface area contributed by atoms with E-state index in [1.807, 2.05) is 13.8 Å². The molecule has 182 valence electrons. The van der Waals surface area contributed by atoms with Gasteiger partial charge in [0.2, 0.25) is 0 Å². The Kier molecular flexibility index (Phi) is 10.6. The number of carbonyl (C=O) groups excluding carboxylic acids is 1. The van der Waals surface area contributed by atoms with Crippen molar-refractivity contribution in [1.29, 1.82) is 0 Å². The van der Waals surface area contributed by atoms with Gasteiger partial charge in [-0.25, -0.2) is 0 Å². The lowest BCUT2D eigenvalue weighted by Crippen LogP contribution is -2.09. The molecule has 0 aliphatic heterocycles. The molecule has 0 aromatic heterocycles. The van der Waals surface area contributed by atoms with E-state index < -0.39 is 7.60 Å². The minimum Gasteiger partial charge on any atom is -0.481 e. The van der Waals surface area contributed by atoms with Crippen LogP contribution in [0, 0.1) is 19.8 Å². The van der Waals surface area contributed by atoms with Crippen molar-refractivity contribution in [2.24, 2.45) is 5.92 Å². The van der Waals surface area contributed by atoms with Gasteiger partial charge < -0.3 is 23.3 Å². The second-order valence-electron chi connectivity index (χ2n) is 8.03. The molecule has 0 saturated heterocycles.